The number of anilines is 1. The lowest BCUT2D eigenvalue weighted by molar-refractivity contribution is -0.391. The topological polar surface area (TPSA) is 77.2 Å². The first-order valence-electron chi connectivity index (χ1n) is 5.46. The largest absolute Gasteiger partial charge is 0.358 e. The van der Waals surface area contributed by atoms with Gasteiger partial charge >= 0.3 is 5.82 Å². The molecule has 0 atom stereocenters. The molecule has 2 rings (SSSR count). The Kier molecular flexibility index (Phi) is 4.10. The Balaban J connectivity index is 2.26. The van der Waals surface area contributed by atoms with Crippen molar-refractivity contribution in [2.24, 2.45) is 7.05 Å². The second-order valence-electron chi connectivity index (χ2n) is 3.97. The Bertz CT molecular complexity index is 699. The monoisotopic (exact) mass is 357 g/mol. The number of amides is 1. The minimum atomic E-state index is -0.547. The van der Waals surface area contributed by atoms with Gasteiger partial charge in [0.2, 0.25) is 0 Å². The van der Waals surface area contributed by atoms with Crippen molar-refractivity contribution >= 4 is 44.9 Å². The van der Waals surface area contributed by atoms with E-state index >= 15 is 0 Å². The molecule has 0 radical (unpaired) electrons. The van der Waals surface area contributed by atoms with Gasteiger partial charge in [0, 0.05) is 15.6 Å². The van der Waals surface area contributed by atoms with E-state index < -0.39 is 10.8 Å². The summed E-state index contributed by atoms with van der Waals surface area (Å²) in [5, 5.41) is 13.9. The summed E-state index contributed by atoms with van der Waals surface area (Å²) in [5.41, 5.74) is 0.724. The molecule has 2 aromatic rings. The highest BCUT2D eigenvalue weighted by molar-refractivity contribution is 9.10. The zero-order valence-corrected chi connectivity index (χ0v) is 12.6. The van der Waals surface area contributed by atoms with Crippen LogP contribution in [0.15, 0.2) is 34.8 Å². The molecule has 6 nitrogen and oxygen atoms in total. The molecule has 0 saturated carbocycles. The number of nitrogens with zero attached hydrogens (tertiary/aromatic N) is 2. The number of halogens is 2. The number of benzene rings is 1. The van der Waals surface area contributed by atoms with E-state index in [4.69, 9.17) is 11.6 Å². The van der Waals surface area contributed by atoms with Crippen molar-refractivity contribution < 1.29 is 9.72 Å². The Morgan fingerprint density at radius 3 is 2.65 bits per heavy atom. The fourth-order valence-corrected chi connectivity index (χ4v) is 2.47. The van der Waals surface area contributed by atoms with Crippen molar-refractivity contribution in [3.8, 4) is 0 Å². The van der Waals surface area contributed by atoms with Gasteiger partial charge in [0.25, 0.3) is 5.91 Å². The molecule has 0 saturated heterocycles. The maximum Gasteiger partial charge on any atom is 0.323 e. The van der Waals surface area contributed by atoms with Crippen molar-refractivity contribution in [3.63, 3.8) is 0 Å². The first kappa shape index (κ1) is 14.5. The molecule has 0 aliphatic carbocycles. The summed E-state index contributed by atoms with van der Waals surface area (Å²) in [4.78, 5) is 22.3. The Labute approximate surface area is 127 Å². The number of rotatable bonds is 3. The molecule has 0 bridgehead atoms. The average Bonchev–Trinajstić information content (AvgIpc) is 2.74. The van der Waals surface area contributed by atoms with E-state index in [1.807, 2.05) is 0 Å². The van der Waals surface area contributed by atoms with Crippen LogP contribution in [0.2, 0.25) is 5.02 Å². The predicted molar refractivity (Wildman–Crippen MR) is 79.2 cm³/mol. The van der Waals surface area contributed by atoms with Crippen molar-refractivity contribution in [3.05, 3.63) is 55.6 Å². The smallest absolute Gasteiger partial charge is 0.323 e. The van der Waals surface area contributed by atoms with Gasteiger partial charge in [0.1, 0.15) is 0 Å². The van der Waals surface area contributed by atoms with E-state index in [1.165, 1.54) is 23.7 Å². The summed E-state index contributed by atoms with van der Waals surface area (Å²) in [5.74, 6) is -0.589. The van der Waals surface area contributed by atoms with E-state index in [2.05, 4.69) is 21.2 Å². The molecule has 1 amide bonds. The van der Waals surface area contributed by atoms with Crippen molar-refractivity contribution in [2.45, 2.75) is 0 Å². The molecular formula is C12H9BrClN3O3. The number of carbonyl (C=O) groups excluding carboxylic acids is 1. The lowest BCUT2D eigenvalue weighted by atomic mass is 10.3. The van der Waals surface area contributed by atoms with Gasteiger partial charge in [0.15, 0.2) is 5.69 Å². The van der Waals surface area contributed by atoms with Crippen LogP contribution in [0.25, 0.3) is 0 Å². The van der Waals surface area contributed by atoms with E-state index in [0.29, 0.717) is 15.2 Å². The molecule has 0 unspecified atom stereocenters. The van der Waals surface area contributed by atoms with Crippen LogP contribution in [-0.2, 0) is 7.05 Å². The number of hydrogen-bond acceptors (Lipinski definition) is 3. The summed E-state index contributed by atoms with van der Waals surface area (Å²) in [6, 6.07) is 7.60. The first-order valence-corrected chi connectivity index (χ1v) is 6.63. The van der Waals surface area contributed by atoms with E-state index in [9.17, 15) is 14.9 Å². The molecule has 1 aromatic heterocycles. The summed E-state index contributed by atoms with van der Waals surface area (Å²) < 4.78 is 1.85. The van der Waals surface area contributed by atoms with Gasteiger partial charge in [0.05, 0.1) is 12.7 Å². The minimum Gasteiger partial charge on any atom is -0.358 e. The minimum absolute atomic E-state index is 0.148. The van der Waals surface area contributed by atoms with Crippen LogP contribution in [0.3, 0.4) is 0 Å². The van der Waals surface area contributed by atoms with E-state index in [-0.39, 0.29) is 11.5 Å². The number of hydrogen-bond donors (Lipinski definition) is 1. The molecular weight excluding hydrogens is 350 g/mol. The fraction of sp³-hybridized carbons (Fsp3) is 0.0833. The molecule has 8 heteroatoms. The highest BCUT2D eigenvalue weighted by Gasteiger charge is 2.21. The van der Waals surface area contributed by atoms with Crippen LogP contribution in [0, 0.1) is 10.1 Å². The first-order chi connectivity index (χ1) is 9.40. The van der Waals surface area contributed by atoms with Crippen LogP contribution >= 0.6 is 27.5 Å². The lowest BCUT2D eigenvalue weighted by Gasteiger charge is -2.06. The number of nitro groups is 1. The van der Waals surface area contributed by atoms with E-state index in [0.717, 1.165) is 0 Å². The highest BCUT2D eigenvalue weighted by Crippen LogP contribution is 2.26. The lowest BCUT2D eigenvalue weighted by Crippen LogP contribution is -2.16. The third kappa shape index (κ3) is 2.83. The van der Waals surface area contributed by atoms with Crippen LogP contribution in [-0.4, -0.2) is 15.4 Å². The Morgan fingerprint density at radius 1 is 1.40 bits per heavy atom. The summed E-state index contributed by atoms with van der Waals surface area (Å²) >= 11 is 9.09. The predicted octanol–water partition coefficient (Wildman–Crippen LogP) is 3.60. The molecule has 20 heavy (non-hydrogen) atoms. The van der Waals surface area contributed by atoms with Gasteiger partial charge in [-0.3, -0.25) is 4.79 Å². The van der Waals surface area contributed by atoms with Gasteiger partial charge in [-0.1, -0.05) is 11.6 Å². The molecule has 0 fully saturated rings. The average molecular weight is 359 g/mol. The molecule has 1 N–H and O–H groups in total. The van der Waals surface area contributed by atoms with Crippen molar-refractivity contribution in [2.75, 3.05) is 5.32 Å². The molecule has 1 heterocycles. The third-order valence-electron chi connectivity index (χ3n) is 2.69. The van der Waals surface area contributed by atoms with Gasteiger partial charge < -0.3 is 15.4 Å². The molecule has 0 aliphatic heterocycles. The molecule has 1 aromatic carbocycles. The SMILES string of the molecule is Cn1c(C(=O)Nc2ccc(Cl)cc2Br)ccc1[N+](=O)[O-]. The standard InChI is InChI=1S/C12H9BrClN3O3/c1-16-10(4-5-11(16)17(19)20)12(18)15-9-3-2-7(14)6-8(9)13/h2-6H,1H3,(H,15,18). The van der Waals surface area contributed by atoms with Crippen LogP contribution in [0.1, 0.15) is 10.5 Å². The quantitative estimate of drug-likeness (QED) is 0.672. The van der Waals surface area contributed by atoms with Gasteiger partial charge in [-0.05, 0) is 45.1 Å². The second-order valence-corrected chi connectivity index (χ2v) is 5.26. The summed E-state index contributed by atoms with van der Waals surface area (Å²) in [7, 11) is 1.46. The van der Waals surface area contributed by atoms with Crippen LogP contribution in [0.4, 0.5) is 11.5 Å². The second kappa shape index (κ2) is 5.64. The zero-order valence-electron chi connectivity index (χ0n) is 10.3. The molecule has 0 aliphatic rings. The number of nitrogens with one attached hydrogen (secondary N) is 1. The Morgan fingerprint density at radius 2 is 2.10 bits per heavy atom. The molecule has 104 valence electrons. The summed E-state index contributed by atoms with van der Waals surface area (Å²) in [6.45, 7) is 0. The van der Waals surface area contributed by atoms with Gasteiger partial charge in [-0.15, -0.1) is 0 Å². The van der Waals surface area contributed by atoms with Crippen molar-refractivity contribution in [1.29, 1.82) is 0 Å². The third-order valence-corrected chi connectivity index (χ3v) is 3.59. The van der Waals surface area contributed by atoms with Crippen LogP contribution in [0.5, 0.6) is 0 Å². The van der Waals surface area contributed by atoms with Crippen molar-refractivity contribution in [1.82, 2.24) is 4.57 Å². The van der Waals surface area contributed by atoms with Gasteiger partial charge in [-0.25, -0.2) is 4.57 Å². The number of aromatic nitrogens is 1. The normalized spacial score (nSPS) is 10.3. The summed E-state index contributed by atoms with van der Waals surface area (Å²) in [6.07, 6.45) is 0. The number of carbonyl (C=O) groups is 1. The Hall–Kier alpha value is -1.86. The maximum absolute atomic E-state index is 12.1. The molecule has 0 spiro atoms. The fourth-order valence-electron chi connectivity index (χ4n) is 1.69. The highest BCUT2D eigenvalue weighted by atomic mass is 79.9. The van der Waals surface area contributed by atoms with Gasteiger partial charge in [-0.2, -0.15) is 0 Å². The van der Waals surface area contributed by atoms with E-state index in [1.54, 1.807) is 18.2 Å². The zero-order chi connectivity index (χ0) is 14.9. The van der Waals surface area contributed by atoms with Crippen LogP contribution < -0.4 is 5.32 Å². The maximum atomic E-state index is 12.1.